The van der Waals surface area contributed by atoms with E-state index in [1.165, 1.54) is 16.3 Å². The maximum absolute atomic E-state index is 11.6. The van der Waals surface area contributed by atoms with Gasteiger partial charge in [0.05, 0.1) is 17.1 Å². The normalized spacial score (nSPS) is 14.2. The summed E-state index contributed by atoms with van der Waals surface area (Å²) in [7, 11) is 3.61. The summed E-state index contributed by atoms with van der Waals surface area (Å²) in [5.74, 6) is 0. The molecule has 1 amide bonds. The first-order valence-corrected chi connectivity index (χ1v) is 15.4. The summed E-state index contributed by atoms with van der Waals surface area (Å²) >= 11 is 0. The van der Waals surface area contributed by atoms with Gasteiger partial charge in [0.25, 0.3) is 0 Å². The van der Waals surface area contributed by atoms with Crippen LogP contribution in [0, 0.1) is 0 Å². The fourth-order valence-corrected chi connectivity index (χ4v) is 5.92. The van der Waals surface area contributed by atoms with E-state index >= 15 is 0 Å². The van der Waals surface area contributed by atoms with Crippen molar-refractivity contribution in [2.45, 2.75) is 6.17 Å². The molecule has 0 fully saturated rings. The van der Waals surface area contributed by atoms with Gasteiger partial charge in [-0.1, -0.05) is 121 Å². The lowest BCUT2D eigenvalue weighted by Gasteiger charge is -2.37. The molecule has 6 aromatic rings. The Labute approximate surface area is 269 Å². The van der Waals surface area contributed by atoms with E-state index in [4.69, 9.17) is 10.3 Å². The number of hydrogen-bond donors (Lipinski definition) is 1. The third kappa shape index (κ3) is 5.78. The summed E-state index contributed by atoms with van der Waals surface area (Å²) in [6.45, 7) is 0. The van der Waals surface area contributed by atoms with Crippen LogP contribution in [0.5, 0.6) is 0 Å². The average molecular weight is 598 g/mol. The molecule has 5 heteroatoms. The van der Waals surface area contributed by atoms with Gasteiger partial charge in [-0.15, -0.1) is 5.70 Å². The number of nitrogens with zero attached hydrogens (tertiary/aromatic N) is 3. The third-order valence-electron chi connectivity index (χ3n) is 8.45. The number of anilines is 2. The summed E-state index contributed by atoms with van der Waals surface area (Å²) in [4.78, 5) is 18.3. The van der Waals surface area contributed by atoms with Crippen molar-refractivity contribution in [3.05, 3.63) is 168 Å². The molecule has 0 saturated heterocycles. The molecule has 0 radical (unpaired) electrons. The summed E-state index contributed by atoms with van der Waals surface area (Å²) in [5.41, 5.74) is 10.9. The molecule has 1 aliphatic heterocycles. The van der Waals surface area contributed by atoms with Crippen LogP contribution in [-0.4, -0.2) is 26.2 Å². The van der Waals surface area contributed by atoms with Gasteiger partial charge in [0.2, 0.25) is 6.41 Å². The lowest BCUT2D eigenvalue weighted by atomic mass is 9.96. The second-order valence-electron chi connectivity index (χ2n) is 11.4. The Kier molecular flexibility index (Phi) is 7.88. The van der Waals surface area contributed by atoms with E-state index in [1.54, 1.807) is 11.9 Å². The van der Waals surface area contributed by atoms with E-state index in [-0.39, 0.29) is 6.17 Å². The summed E-state index contributed by atoms with van der Waals surface area (Å²) < 4.78 is 0. The predicted octanol–water partition coefficient (Wildman–Crippen LogP) is 9.72. The maximum Gasteiger partial charge on any atom is 0.213 e. The lowest BCUT2D eigenvalue weighted by Crippen LogP contribution is -2.15. The van der Waals surface area contributed by atoms with Crippen molar-refractivity contribution < 1.29 is 4.79 Å². The molecule has 6 aromatic carbocycles. The van der Waals surface area contributed by atoms with Crippen LogP contribution in [0.4, 0.5) is 11.4 Å². The molecule has 0 bridgehead atoms. The van der Waals surface area contributed by atoms with Crippen LogP contribution in [0.1, 0.15) is 22.9 Å². The van der Waals surface area contributed by atoms with Gasteiger partial charge in [-0.05, 0) is 74.0 Å². The van der Waals surface area contributed by atoms with Crippen molar-refractivity contribution in [1.29, 1.82) is 0 Å². The van der Waals surface area contributed by atoms with E-state index in [2.05, 4.69) is 121 Å². The minimum atomic E-state index is -0.359. The van der Waals surface area contributed by atoms with Gasteiger partial charge in [0.15, 0.2) is 0 Å². The topological polar surface area (TPSA) is 58.8 Å². The van der Waals surface area contributed by atoms with Gasteiger partial charge in [-0.2, -0.15) is 0 Å². The fourth-order valence-electron chi connectivity index (χ4n) is 5.92. The van der Waals surface area contributed by atoms with Crippen molar-refractivity contribution in [3.63, 3.8) is 0 Å². The van der Waals surface area contributed by atoms with Crippen LogP contribution < -0.4 is 10.2 Å². The Balaban J connectivity index is 1.25. The maximum atomic E-state index is 11.6. The van der Waals surface area contributed by atoms with Crippen LogP contribution in [0.25, 0.3) is 44.0 Å². The number of amides is 1. The highest BCUT2D eigenvalue weighted by Gasteiger charge is 2.14. The minimum absolute atomic E-state index is 0.359. The Morgan fingerprint density at radius 3 is 2.09 bits per heavy atom. The molecule has 1 aliphatic rings. The number of fused-ring (bicyclic) bond motifs is 1. The Hall–Kier alpha value is -5.94. The first kappa shape index (κ1) is 28.8. The third-order valence-corrected chi connectivity index (χ3v) is 8.45. The number of carbonyl (C=O) groups is 1. The van der Waals surface area contributed by atoms with Gasteiger partial charge in [-0.25, -0.2) is 0 Å². The highest BCUT2D eigenvalue weighted by Crippen LogP contribution is 2.39. The SMILES string of the molecule is CNc1ccc(-c2cccc(C3=CC(c4ccc(-c5ccc6ccccc6c5)cc4)=NC(c4ccccc4)[N-]3)c2)cc1N(C)C=O. The number of benzene rings is 6. The smallest absolute Gasteiger partial charge is 0.213 e. The average Bonchev–Trinajstić information content (AvgIpc) is 3.14. The first-order chi connectivity index (χ1) is 22.6. The number of hydrogen-bond acceptors (Lipinski definition) is 3. The molecule has 0 spiro atoms. The molecule has 1 heterocycles. The number of allylic oxidation sites excluding steroid dienone is 1. The Bertz CT molecular complexity index is 2100. The molecule has 224 valence electrons. The second kappa shape index (κ2) is 12.6. The fraction of sp³-hybridized carbons (Fsp3) is 0.0732. The quantitative estimate of drug-likeness (QED) is 0.178. The summed E-state index contributed by atoms with van der Waals surface area (Å²) in [6, 6.07) is 48.4. The first-order valence-electron chi connectivity index (χ1n) is 15.4. The molecule has 5 nitrogen and oxygen atoms in total. The van der Waals surface area contributed by atoms with Gasteiger partial charge >= 0.3 is 0 Å². The molecule has 1 N–H and O–H groups in total. The molecule has 0 aliphatic carbocycles. The van der Waals surface area contributed by atoms with Crippen molar-refractivity contribution >= 4 is 40.0 Å². The standard InChI is InChI=1S/C41H33N4O/c1-42-37-22-21-35(25-40(37)45(2)27-46)33-13-8-14-36(24-33)39-26-38(43-41(44-39)31-10-4-3-5-11-31)30-18-15-29(16-19-30)34-20-17-28-9-6-7-12-32(28)23-34/h3-27,41-42H,1-2H3/q-1. The van der Waals surface area contributed by atoms with E-state index in [0.29, 0.717) is 0 Å². The van der Waals surface area contributed by atoms with Gasteiger partial charge < -0.3 is 15.5 Å². The van der Waals surface area contributed by atoms with Crippen LogP contribution >= 0.6 is 0 Å². The van der Waals surface area contributed by atoms with Gasteiger partial charge in [0.1, 0.15) is 0 Å². The summed E-state index contributed by atoms with van der Waals surface area (Å²) in [6.07, 6.45) is 2.54. The number of rotatable bonds is 8. The molecular weight excluding hydrogens is 564 g/mol. The van der Waals surface area contributed by atoms with Crippen LogP contribution in [0.3, 0.4) is 0 Å². The zero-order valence-electron chi connectivity index (χ0n) is 25.8. The molecular formula is C41H33N4O-. The molecule has 1 unspecified atom stereocenters. The zero-order chi connectivity index (χ0) is 31.5. The highest BCUT2D eigenvalue weighted by molar-refractivity contribution is 6.14. The van der Waals surface area contributed by atoms with Crippen molar-refractivity contribution in [2.75, 3.05) is 24.3 Å². The predicted molar refractivity (Wildman–Crippen MR) is 192 cm³/mol. The van der Waals surface area contributed by atoms with E-state index in [9.17, 15) is 4.79 Å². The molecule has 0 aromatic heterocycles. The lowest BCUT2D eigenvalue weighted by molar-refractivity contribution is -0.107. The highest BCUT2D eigenvalue weighted by atomic mass is 16.1. The minimum Gasteiger partial charge on any atom is -0.659 e. The van der Waals surface area contributed by atoms with Crippen LogP contribution in [-0.2, 0) is 4.79 Å². The number of aliphatic imine (C=N–C) groups is 1. The van der Waals surface area contributed by atoms with E-state index in [0.717, 1.165) is 62.6 Å². The van der Waals surface area contributed by atoms with Crippen LogP contribution in [0.15, 0.2) is 151 Å². The zero-order valence-corrected chi connectivity index (χ0v) is 25.8. The Morgan fingerprint density at radius 2 is 1.30 bits per heavy atom. The van der Waals surface area contributed by atoms with Crippen LogP contribution in [0.2, 0.25) is 0 Å². The van der Waals surface area contributed by atoms with E-state index in [1.807, 2.05) is 37.4 Å². The summed E-state index contributed by atoms with van der Waals surface area (Å²) in [5, 5.41) is 10.8. The second-order valence-corrected chi connectivity index (χ2v) is 11.4. The molecule has 0 saturated carbocycles. The van der Waals surface area contributed by atoms with Gasteiger partial charge in [-0.3, -0.25) is 9.79 Å². The number of nitrogens with one attached hydrogen (secondary N) is 1. The van der Waals surface area contributed by atoms with E-state index < -0.39 is 0 Å². The van der Waals surface area contributed by atoms with Crippen molar-refractivity contribution in [3.8, 4) is 22.3 Å². The number of carbonyl (C=O) groups excluding carboxylic acids is 1. The molecule has 1 atom stereocenters. The molecule has 46 heavy (non-hydrogen) atoms. The molecule has 7 rings (SSSR count). The van der Waals surface area contributed by atoms with Crippen molar-refractivity contribution in [2.24, 2.45) is 4.99 Å². The Morgan fingerprint density at radius 1 is 0.652 bits per heavy atom. The van der Waals surface area contributed by atoms with Gasteiger partial charge in [0, 0.05) is 20.3 Å². The largest absolute Gasteiger partial charge is 0.659 e. The monoisotopic (exact) mass is 597 g/mol. The van der Waals surface area contributed by atoms with Crippen molar-refractivity contribution in [1.82, 2.24) is 0 Å².